The number of aromatic hydroxyl groups is 2. The quantitative estimate of drug-likeness (QED) is 0.00544. The van der Waals surface area contributed by atoms with Crippen LogP contribution in [0.15, 0.2) is 190 Å². The van der Waals surface area contributed by atoms with Crippen LogP contribution in [-0.4, -0.2) is 169 Å². The van der Waals surface area contributed by atoms with Gasteiger partial charge in [0.2, 0.25) is 17.1 Å². The number of aliphatic hydroxyl groups excluding tert-OH is 1. The predicted molar refractivity (Wildman–Crippen MR) is 516 cm³/mol. The maximum atomic E-state index is 12.5. The van der Waals surface area contributed by atoms with Crippen LogP contribution in [0.1, 0.15) is 129 Å². The summed E-state index contributed by atoms with van der Waals surface area (Å²) >= 11 is 33.5. The number of carbonyl (C=O) groups is 10. The summed E-state index contributed by atoms with van der Waals surface area (Å²) in [4.78, 5) is 119. The van der Waals surface area contributed by atoms with E-state index < -0.39 is 10.8 Å². The molecular weight excluding hydrogens is 1930 g/mol. The zero-order chi connectivity index (χ0) is 94.4. The van der Waals surface area contributed by atoms with Crippen LogP contribution >= 0.6 is 117 Å². The second kappa shape index (κ2) is 60.2. The number of esters is 2. The summed E-state index contributed by atoms with van der Waals surface area (Å²) in [5, 5.41) is 65.1. The number of nitrogens with one attached hydrogen (secondary N) is 2. The van der Waals surface area contributed by atoms with Gasteiger partial charge in [0, 0.05) is 116 Å². The Bertz CT molecular complexity index is 5340. The fourth-order valence-corrected chi connectivity index (χ4v) is 14.5. The number of anilines is 4. The molecule has 0 saturated carbocycles. The van der Waals surface area contributed by atoms with Crippen LogP contribution in [-0.2, 0) is 59.8 Å². The number of benzene rings is 8. The van der Waals surface area contributed by atoms with Crippen molar-refractivity contribution >= 4 is 219 Å². The monoisotopic (exact) mass is 2030 g/mol. The summed E-state index contributed by atoms with van der Waals surface area (Å²) in [6.07, 6.45) is 0. The van der Waals surface area contributed by atoms with Crippen molar-refractivity contribution in [1.29, 1.82) is 0 Å². The summed E-state index contributed by atoms with van der Waals surface area (Å²) in [7, 11) is 1.00. The van der Waals surface area contributed by atoms with Gasteiger partial charge >= 0.3 is 136 Å². The molecule has 4 aliphatic heterocycles. The first-order valence-electron chi connectivity index (χ1n) is 38.7. The third-order valence-corrected chi connectivity index (χ3v) is 21.4. The molecule has 0 bridgehead atoms. The third kappa shape index (κ3) is 41.8. The Morgan fingerprint density at radius 3 is 0.969 bits per heavy atom. The summed E-state index contributed by atoms with van der Waals surface area (Å²) in [6.45, 7) is 25.9. The molecule has 30 nitrogen and oxygen atoms in total. The number of nitrogens with zero attached hydrogens (tertiary/aromatic N) is 9. The molecule has 8 aromatic carbocycles. The van der Waals surface area contributed by atoms with E-state index in [1.807, 2.05) is 36.4 Å². The van der Waals surface area contributed by atoms with E-state index in [1.54, 1.807) is 163 Å². The number of phenolic OH excluding ortho intramolecular Hbond substituents is 2. The fourth-order valence-electron chi connectivity index (χ4n) is 10.9. The van der Waals surface area contributed by atoms with Crippen molar-refractivity contribution in [3.63, 3.8) is 0 Å². The minimum absolute atomic E-state index is 0. The SMILES string of the molecule is CC(=O)Cl.CC(=O)Nc1cccc(CN2N=C(c3cc(Cl)ccc3O)CSC2=O)c1.CC(=O)Nc1cccc(CN2N=C(c3cc(Cl)ccc3OC(=O)C(C)(C)C)CSC2=O)c1.CC(C)(C)C(=O)Oc1ccc(Cl)cc1C1=NN(Cc2cccc(N)c2)C(=O)SC1.CCN(CC)CC.CO.Cl.Nc1cccc(CN2N=C(c3cc(Cl)ccc3O)CSC2=O)c1.O=CO[O-].[H-].[K+].[K+]. The summed E-state index contributed by atoms with van der Waals surface area (Å²) < 4.78 is 11.2. The summed E-state index contributed by atoms with van der Waals surface area (Å²) in [6, 6.07) is 48.5. The van der Waals surface area contributed by atoms with Gasteiger partial charge in [-0.1, -0.05) is 163 Å². The maximum absolute atomic E-state index is 12.5. The smallest absolute Gasteiger partial charge is 1.00 e. The first-order chi connectivity index (χ1) is 60.1. The number of halogens is 6. The third-order valence-electron chi connectivity index (χ3n) is 16.9. The van der Waals surface area contributed by atoms with Gasteiger partial charge in [0.05, 0.1) is 59.9 Å². The molecule has 0 radical (unpaired) electrons. The molecule has 130 heavy (non-hydrogen) atoms. The summed E-state index contributed by atoms with van der Waals surface area (Å²) in [5.41, 5.74) is 20.8. The number of amides is 6. The maximum Gasteiger partial charge on any atom is 1.00 e. The molecule has 6 amide bonds. The molecule has 8 aromatic rings. The molecule has 0 spiro atoms. The number of aliphatic hydroxyl groups is 1. The molecule has 0 aliphatic carbocycles. The van der Waals surface area contributed by atoms with Crippen molar-refractivity contribution in [3.8, 4) is 23.0 Å². The van der Waals surface area contributed by atoms with Gasteiger partial charge in [-0.2, -0.15) is 20.4 Å². The number of carbonyl (C=O) groups excluding carboxylic acids is 10. The van der Waals surface area contributed by atoms with Crippen molar-refractivity contribution in [2.24, 2.45) is 31.2 Å². The zero-order valence-corrected chi connectivity index (χ0v) is 88.3. The van der Waals surface area contributed by atoms with Crippen LogP contribution < -0.4 is 140 Å². The molecule has 688 valence electrons. The Kier molecular flexibility index (Phi) is 55.1. The van der Waals surface area contributed by atoms with Gasteiger partial charge in [-0.15, -0.1) is 12.4 Å². The molecule has 0 atom stereocenters. The summed E-state index contributed by atoms with van der Waals surface area (Å²) in [5.74, 6) is 1.20. The molecule has 4 aliphatic rings. The van der Waals surface area contributed by atoms with Gasteiger partial charge in [0.25, 0.3) is 6.47 Å². The van der Waals surface area contributed by atoms with Gasteiger partial charge < -0.3 is 63.4 Å². The molecule has 4 heterocycles. The molecule has 9 N–H and O–H groups in total. The van der Waals surface area contributed by atoms with Crippen molar-refractivity contribution in [2.45, 2.75) is 109 Å². The molecular formula is C88H101Cl6K2N13O17S4. The van der Waals surface area contributed by atoms with Gasteiger partial charge in [-0.05, 0) is 216 Å². The number of phenols is 2. The predicted octanol–water partition coefficient (Wildman–Crippen LogP) is 12.8. The first-order valence-corrected chi connectivity index (χ1v) is 44.5. The largest absolute Gasteiger partial charge is 1.00 e. The van der Waals surface area contributed by atoms with Crippen LogP contribution in [0.2, 0.25) is 20.1 Å². The molecule has 0 fully saturated rings. The second-order valence-electron chi connectivity index (χ2n) is 29.1. The molecule has 42 heteroatoms. The van der Waals surface area contributed by atoms with Crippen molar-refractivity contribution < 1.29 is 187 Å². The number of ether oxygens (including phenoxy) is 2. The Morgan fingerprint density at radius 1 is 0.469 bits per heavy atom. The Morgan fingerprint density at radius 2 is 0.723 bits per heavy atom. The number of hydrazone groups is 4. The van der Waals surface area contributed by atoms with E-state index in [2.05, 4.69) is 73.2 Å². The van der Waals surface area contributed by atoms with E-state index in [0.717, 1.165) is 76.4 Å². The van der Waals surface area contributed by atoms with Crippen LogP contribution in [0, 0.1) is 10.8 Å². The Labute approximate surface area is 890 Å². The molecule has 0 aromatic heterocycles. The van der Waals surface area contributed by atoms with Crippen LogP contribution in [0.5, 0.6) is 23.0 Å². The van der Waals surface area contributed by atoms with Gasteiger partial charge in [0.1, 0.15) is 23.0 Å². The number of hydrogen-bond acceptors (Lipinski definition) is 28. The molecule has 0 unspecified atom stereocenters. The number of nitrogens with two attached hydrogens (primary N) is 2. The van der Waals surface area contributed by atoms with E-state index in [-0.39, 0.29) is 204 Å². The van der Waals surface area contributed by atoms with Gasteiger partial charge in [-0.3, -0.25) is 47.9 Å². The van der Waals surface area contributed by atoms with E-state index >= 15 is 0 Å². The van der Waals surface area contributed by atoms with Crippen LogP contribution in [0.25, 0.3) is 0 Å². The van der Waals surface area contributed by atoms with E-state index in [4.69, 9.17) is 82.5 Å². The minimum Gasteiger partial charge on any atom is -1.00 e. The van der Waals surface area contributed by atoms with Crippen LogP contribution in [0.4, 0.5) is 41.9 Å². The first kappa shape index (κ1) is 119. The number of rotatable bonds is 20. The Balaban J connectivity index is 0.000000818. The second-order valence-corrected chi connectivity index (χ2v) is 35.0. The minimum atomic E-state index is -0.680. The average Bonchev–Trinajstić information content (AvgIpc) is 0.755. The van der Waals surface area contributed by atoms with E-state index in [0.29, 0.717) is 129 Å². The number of nitrogen functional groups attached to an aromatic ring is 2. The van der Waals surface area contributed by atoms with Crippen molar-refractivity contribution in [2.75, 3.05) is 71.9 Å². The average molecular weight is 2030 g/mol. The molecule has 12 rings (SSSR count). The van der Waals surface area contributed by atoms with Crippen molar-refractivity contribution in [1.82, 2.24) is 24.9 Å². The normalized spacial score (nSPS) is 13.1. The molecule has 0 saturated heterocycles. The van der Waals surface area contributed by atoms with Gasteiger partial charge in [0.15, 0.2) is 0 Å². The van der Waals surface area contributed by atoms with E-state index in [1.165, 1.54) is 72.6 Å². The van der Waals surface area contributed by atoms with Crippen LogP contribution in [0.3, 0.4) is 0 Å². The number of thioether (sulfide) groups is 4. The standard InChI is InChI=1S/C23H24ClN3O4S.C21H22ClN3O3S.C18H16ClN3O3S.C16H14ClN3O2S.C6H15N.C2H3ClO.CH2O3.CH4O.ClH.2K.H/c1-14(28)25-17-7-5-6-15(10-17)12-27-22(30)32-13-19(26-27)18-11-16(24)8-9-20(18)31-21(29)23(2,3)4;1-21(2,3)19(26)28-18-8-7-14(22)10-16(18)17-12-29-20(27)25(24-17)11-13-5-4-6-15(23)9-13;1-11(23)20-14-4-2-3-12(7-14)9-22-18(25)26-10-16(21-22)15-8-13(19)5-6-17(15)24;17-11-4-5-15(21)13(7-11)14-9-23-16(22)20(19-14)8-10-2-1-3-12(18)6-10;1-4-7(5-2)6-3;1-2(3)4;2-1-4-3;1-2;;;;/h5-11H,12-13H2,1-4H3,(H,25,28);4-10H,11-12,23H2,1-3H3;2-8,24H,9-10H2,1H3,(H,20,23);1-7,21H,8-9,18H2;4-6H2,1-3H3;1H3;1,3H;2H,1H3;1H;;;/q;;;;;;;;;2*+1;-1/p-1. The van der Waals surface area contributed by atoms with Crippen molar-refractivity contribution in [3.05, 3.63) is 234 Å². The van der Waals surface area contributed by atoms with Gasteiger partial charge in [-0.25, -0.2) is 20.0 Å². The zero-order valence-electron chi connectivity index (χ0n) is 75.2. The Hall–Kier alpha value is -7.17. The van der Waals surface area contributed by atoms with E-state index in [9.17, 15) is 53.4 Å². The number of hydrogen-bond donors (Lipinski definition) is 7. The topological polar surface area (TPSA) is 424 Å². The fraction of sp³-hybridized carbons (Fsp3) is 0.295.